The van der Waals surface area contributed by atoms with Gasteiger partial charge in [-0.1, -0.05) is 17.3 Å². The molecule has 0 aliphatic heterocycles. The highest BCUT2D eigenvalue weighted by Gasteiger charge is 2.11. The highest BCUT2D eigenvalue weighted by atomic mass is 19.1. The summed E-state index contributed by atoms with van der Waals surface area (Å²) in [7, 11) is 1.60. The Labute approximate surface area is 161 Å². The Hall–Kier alpha value is -3.42. The van der Waals surface area contributed by atoms with E-state index in [4.69, 9.17) is 14.0 Å². The van der Waals surface area contributed by atoms with E-state index in [-0.39, 0.29) is 31.2 Å². The summed E-state index contributed by atoms with van der Waals surface area (Å²) in [6, 6.07) is 13.4. The van der Waals surface area contributed by atoms with E-state index in [9.17, 15) is 9.18 Å². The van der Waals surface area contributed by atoms with Crippen molar-refractivity contribution < 1.29 is 23.2 Å². The number of hydrogen-bond donors (Lipinski definition) is 1. The van der Waals surface area contributed by atoms with E-state index < -0.39 is 5.82 Å². The number of rotatable bonds is 9. The van der Waals surface area contributed by atoms with Crippen molar-refractivity contribution in [1.29, 1.82) is 0 Å². The third-order valence-electron chi connectivity index (χ3n) is 3.90. The zero-order chi connectivity index (χ0) is 19.8. The molecule has 2 aromatic carbocycles. The molecule has 0 bridgehead atoms. The van der Waals surface area contributed by atoms with E-state index in [2.05, 4.69) is 15.5 Å². The SMILES string of the molecule is COc1ccc(-c2noc(CCC(=O)NCCOc3ccccc3F)n2)cc1. The van der Waals surface area contributed by atoms with Gasteiger partial charge in [-0.15, -0.1) is 0 Å². The van der Waals surface area contributed by atoms with Crippen molar-refractivity contribution in [2.45, 2.75) is 12.8 Å². The van der Waals surface area contributed by atoms with Crippen molar-refractivity contribution in [3.8, 4) is 22.9 Å². The number of benzene rings is 2. The molecule has 146 valence electrons. The van der Waals surface area contributed by atoms with E-state index in [1.807, 2.05) is 24.3 Å². The molecule has 0 spiro atoms. The number of methoxy groups -OCH3 is 1. The second kappa shape index (κ2) is 9.50. The third-order valence-corrected chi connectivity index (χ3v) is 3.90. The van der Waals surface area contributed by atoms with Crippen molar-refractivity contribution >= 4 is 5.91 Å². The van der Waals surface area contributed by atoms with Gasteiger partial charge in [-0.05, 0) is 36.4 Å². The number of ether oxygens (including phenoxy) is 2. The van der Waals surface area contributed by atoms with Crippen molar-refractivity contribution in [2.75, 3.05) is 20.3 Å². The zero-order valence-electron chi connectivity index (χ0n) is 15.4. The summed E-state index contributed by atoms with van der Waals surface area (Å²) in [6.45, 7) is 0.447. The number of nitrogens with zero attached hydrogens (tertiary/aromatic N) is 2. The van der Waals surface area contributed by atoms with Crippen molar-refractivity contribution in [1.82, 2.24) is 15.5 Å². The first kappa shape index (κ1) is 19.3. The van der Waals surface area contributed by atoms with Crippen LogP contribution in [0.1, 0.15) is 12.3 Å². The molecule has 3 aromatic rings. The third kappa shape index (κ3) is 5.29. The van der Waals surface area contributed by atoms with Gasteiger partial charge in [0.05, 0.1) is 13.7 Å². The fourth-order valence-electron chi connectivity index (χ4n) is 2.44. The number of carbonyl (C=O) groups is 1. The molecule has 0 aliphatic rings. The Kier molecular flexibility index (Phi) is 6.56. The van der Waals surface area contributed by atoms with Crippen LogP contribution in [-0.2, 0) is 11.2 Å². The quantitative estimate of drug-likeness (QED) is 0.570. The average molecular weight is 385 g/mol. The summed E-state index contributed by atoms with van der Waals surface area (Å²) in [6.07, 6.45) is 0.521. The Balaban J connectivity index is 1.40. The molecule has 3 rings (SSSR count). The van der Waals surface area contributed by atoms with E-state index in [0.717, 1.165) is 11.3 Å². The maximum absolute atomic E-state index is 13.4. The summed E-state index contributed by atoms with van der Waals surface area (Å²) in [5, 5.41) is 6.63. The molecular weight excluding hydrogens is 365 g/mol. The summed E-state index contributed by atoms with van der Waals surface area (Å²) in [5.74, 6) is 1.12. The van der Waals surface area contributed by atoms with Crippen LogP contribution in [0.5, 0.6) is 11.5 Å². The van der Waals surface area contributed by atoms with Crippen LogP contribution < -0.4 is 14.8 Å². The fourth-order valence-corrected chi connectivity index (χ4v) is 2.44. The summed E-state index contributed by atoms with van der Waals surface area (Å²) >= 11 is 0. The second-order valence-electron chi connectivity index (χ2n) is 5.87. The number of amides is 1. The van der Waals surface area contributed by atoms with Crippen LogP contribution in [0, 0.1) is 5.82 Å². The van der Waals surface area contributed by atoms with Gasteiger partial charge >= 0.3 is 0 Å². The molecule has 0 fully saturated rings. The summed E-state index contributed by atoms with van der Waals surface area (Å²) in [5.41, 5.74) is 0.797. The monoisotopic (exact) mass is 385 g/mol. The molecule has 0 radical (unpaired) electrons. The van der Waals surface area contributed by atoms with Gasteiger partial charge in [0, 0.05) is 18.4 Å². The lowest BCUT2D eigenvalue weighted by atomic mass is 10.2. The van der Waals surface area contributed by atoms with Gasteiger partial charge in [-0.25, -0.2) is 4.39 Å². The zero-order valence-corrected chi connectivity index (χ0v) is 15.4. The Morgan fingerprint density at radius 2 is 1.96 bits per heavy atom. The summed E-state index contributed by atoms with van der Waals surface area (Å²) < 4.78 is 29.0. The molecule has 1 amide bonds. The highest BCUT2D eigenvalue weighted by Crippen LogP contribution is 2.20. The van der Waals surface area contributed by atoms with Gasteiger partial charge in [0.1, 0.15) is 12.4 Å². The molecule has 0 saturated heterocycles. The van der Waals surface area contributed by atoms with E-state index in [0.29, 0.717) is 18.1 Å². The molecule has 0 unspecified atom stereocenters. The van der Waals surface area contributed by atoms with Crippen LogP contribution in [-0.4, -0.2) is 36.3 Å². The minimum Gasteiger partial charge on any atom is -0.497 e. The number of para-hydroxylation sites is 1. The minimum absolute atomic E-state index is 0.161. The number of aromatic nitrogens is 2. The normalized spacial score (nSPS) is 10.5. The standard InChI is InChI=1S/C20H20FN3O4/c1-26-15-8-6-14(7-9-15)20-23-19(28-24-20)11-10-18(25)22-12-13-27-17-5-3-2-4-16(17)21/h2-9H,10-13H2,1H3,(H,22,25). The van der Waals surface area contributed by atoms with Gasteiger partial charge in [0.2, 0.25) is 17.6 Å². The first-order chi connectivity index (χ1) is 13.7. The number of carbonyl (C=O) groups excluding carboxylic acids is 1. The molecule has 1 N–H and O–H groups in total. The van der Waals surface area contributed by atoms with Crippen LogP contribution >= 0.6 is 0 Å². The van der Waals surface area contributed by atoms with E-state index >= 15 is 0 Å². The van der Waals surface area contributed by atoms with Crippen molar-refractivity contribution in [3.63, 3.8) is 0 Å². The Morgan fingerprint density at radius 3 is 2.71 bits per heavy atom. The predicted molar refractivity (Wildman–Crippen MR) is 99.5 cm³/mol. The van der Waals surface area contributed by atoms with Gasteiger partial charge in [-0.3, -0.25) is 4.79 Å². The molecule has 0 aliphatic carbocycles. The summed E-state index contributed by atoms with van der Waals surface area (Å²) in [4.78, 5) is 16.2. The molecule has 7 nitrogen and oxygen atoms in total. The van der Waals surface area contributed by atoms with Gasteiger partial charge < -0.3 is 19.3 Å². The number of aryl methyl sites for hydroxylation is 1. The largest absolute Gasteiger partial charge is 0.497 e. The number of halogens is 1. The average Bonchev–Trinajstić information content (AvgIpc) is 3.20. The Morgan fingerprint density at radius 1 is 1.18 bits per heavy atom. The lowest BCUT2D eigenvalue weighted by molar-refractivity contribution is -0.121. The van der Waals surface area contributed by atoms with Crippen LogP contribution in [0.2, 0.25) is 0 Å². The molecule has 1 aromatic heterocycles. The van der Waals surface area contributed by atoms with Gasteiger partial charge in [-0.2, -0.15) is 4.98 Å². The van der Waals surface area contributed by atoms with Gasteiger partial charge in [0.25, 0.3) is 0 Å². The van der Waals surface area contributed by atoms with Crippen LogP contribution in [0.4, 0.5) is 4.39 Å². The molecular formula is C20H20FN3O4. The lowest BCUT2D eigenvalue weighted by Crippen LogP contribution is -2.28. The van der Waals surface area contributed by atoms with Crippen molar-refractivity contribution in [3.05, 3.63) is 60.2 Å². The maximum Gasteiger partial charge on any atom is 0.227 e. The van der Waals surface area contributed by atoms with E-state index in [1.54, 1.807) is 19.2 Å². The van der Waals surface area contributed by atoms with Crippen LogP contribution in [0.15, 0.2) is 53.1 Å². The lowest BCUT2D eigenvalue weighted by Gasteiger charge is -2.07. The molecule has 0 atom stereocenters. The topological polar surface area (TPSA) is 86.5 Å². The highest BCUT2D eigenvalue weighted by molar-refractivity contribution is 5.76. The fraction of sp³-hybridized carbons (Fsp3) is 0.250. The molecule has 8 heteroatoms. The molecule has 0 saturated carbocycles. The predicted octanol–water partition coefficient (Wildman–Crippen LogP) is 3.01. The first-order valence-corrected chi connectivity index (χ1v) is 8.77. The first-order valence-electron chi connectivity index (χ1n) is 8.77. The van der Waals surface area contributed by atoms with Gasteiger partial charge in [0.15, 0.2) is 11.6 Å². The number of hydrogen-bond acceptors (Lipinski definition) is 6. The Bertz CT molecular complexity index is 912. The minimum atomic E-state index is -0.433. The molecule has 1 heterocycles. The van der Waals surface area contributed by atoms with Crippen molar-refractivity contribution in [2.24, 2.45) is 0 Å². The second-order valence-corrected chi connectivity index (χ2v) is 5.87. The van der Waals surface area contributed by atoms with Crippen LogP contribution in [0.3, 0.4) is 0 Å². The maximum atomic E-state index is 13.4. The van der Waals surface area contributed by atoms with E-state index in [1.165, 1.54) is 12.1 Å². The number of nitrogens with one attached hydrogen (secondary N) is 1. The smallest absolute Gasteiger partial charge is 0.227 e. The van der Waals surface area contributed by atoms with Crippen LogP contribution in [0.25, 0.3) is 11.4 Å². The molecule has 28 heavy (non-hydrogen) atoms.